The van der Waals surface area contributed by atoms with E-state index in [0.29, 0.717) is 29.8 Å². The zero-order valence-electron chi connectivity index (χ0n) is 18.0. The summed E-state index contributed by atoms with van der Waals surface area (Å²) in [5.41, 5.74) is 2.92. The lowest BCUT2D eigenvalue weighted by Crippen LogP contribution is -2.32. The zero-order chi connectivity index (χ0) is 21.6. The van der Waals surface area contributed by atoms with Gasteiger partial charge in [0.15, 0.2) is 0 Å². The molecule has 1 aromatic heterocycles. The second-order valence-electron chi connectivity index (χ2n) is 8.01. The zero-order valence-corrected chi connectivity index (χ0v) is 18.8. The van der Waals surface area contributed by atoms with Crippen molar-refractivity contribution in [3.8, 4) is 0 Å². The van der Waals surface area contributed by atoms with Gasteiger partial charge in [-0.05, 0) is 29.2 Å². The first-order chi connectivity index (χ1) is 15.1. The molecule has 6 nitrogen and oxygen atoms in total. The van der Waals surface area contributed by atoms with Crippen LogP contribution in [0.1, 0.15) is 53.2 Å². The maximum atomic E-state index is 13.0. The average Bonchev–Trinajstić information content (AvgIpc) is 3.30. The van der Waals surface area contributed by atoms with Gasteiger partial charge in [0, 0.05) is 36.6 Å². The Morgan fingerprint density at radius 2 is 1.77 bits per heavy atom. The number of amides is 1. The minimum atomic E-state index is -0.403. The van der Waals surface area contributed by atoms with Crippen molar-refractivity contribution in [3.05, 3.63) is 77.2 Å². The van der Waals surface area contributed by atoms with E-state index in [2.05, 4.69) is 34.3 Å². The van der Waals surface area contributed by atoms with E-state index in [0.717, 1.165) is 30.2 Å². The molecule has 0 saturated carbocycles. The predicted molar refractivity (Wildman–Crippen MR) is 125 cm³/mol. The van der Waals surface area contributed by atoms with Crippen LogP contribution in [-0.2, 0) is 6.42 Å². The van der Waals surface area contributed by atoms with Crippen LogP contribution in [0.15, 0.2) is 59.0 Å². The van der Waals surface area contributed by atoms with Crippen LogP contribution in [0, 0.1) is 0 Å². The molecular weight excluding hydrogens is 408 g/mol. The molecular formula is C24H28N4O2S. The van der Waals surface area contributed by atoms with E-state index in [1.807, 2.05) is 66.4 Å². The number of benzene rings is 2. The summed E-state index contributed by atoms with van der Waals surface area (Å²) < 4.78 is 6.02. The van der Waals surface area contributed by atoms with Gasteiger partial charge in [0.2, 0.25) is 5.89 Å². The minimum Gasteiger partial charge on any atom is -0.406 e. The van der Waals surface area contributed by atoms with Crippen LogP contribution in [0.4, 0.5) is 6.01 Å². The molecule has 1 atom stereocenters. The molecule has 2 heterocycles. The largest absolute Gasteiger partial charge is 0.406 e. The highest BCUT2D eigenvalue weighted by Crippen LogP contribution is 2.24. The third kappa shape index (κ3) is 5.47. The van der Waals surface area contributed by atoms with Gasteiger partial charge in [-0.3, -0.25) is 4.79 Å². The first-order valence-electron chi connectivity index (χ1n) is 10.7. The number of rotatable bonds is 7. The third-order valence-electron chi connectivity index (χ3n) is 5.44. The average molecular weight is 437 g/mol. The monoisotopic (exact) mass is 436 g/mol. The van der Waals surface area contributed by atoms with E-state index in [-0.39, 0.29) is 5.91 Å². The van der Waals surface area contributed by atoms with Crippen LogP contribution in [0.5, 0.6) is 0 Å². The van der Waals surface area contributed by atoms with E-state index in [4.69, 9.17) is 4.42 Å². The van der Waals surface area contributed by atoms with E-state index < -0.39 is 6.04 Å². The Balaban J connectivity index is 1.54. The van der Waals surface area contributed by atoms with Gasteiger partial charge in [0.05, 0.1) is 0 Å². The van der Waals surface area contributed by atoms with Gasteiger partial charge in [0.25, 0.3) is 5.91 Å². The Hall–Kier alpha value is -2.80. The summed E-state index contributed by atoms with van der Waals surface area (Å²) >= 11 is 1.93. The van der Waals surface area contributed by atoms with Crippen molar-refractivity contribution in [1.29, 1.82) is 0 Å². The molecule has 0 bridgehead atoms. The molecule has 0 spiro atoms. The summed E-state index contributed by atoms with van der Waals surface area (Å²) in [6.45, 7) is 6.06. The van der Waals surface area contributed by atoms with Gasteiger partial charge < -0.3 is 14.6 Å². The van der Waals surface area contributed by atoms with Crippen LogP contribution in [0.3, 0.4) is 0 Å². The van der Waals surface area contributed by atoms with E-state index >= 15 is 0 Å². The van der Waals surface area contributed by atoms with Gasteiger partial charge in [-0.15, -0.1) is 5.10 Å². The van der Waals surface area contributed by atoms with Gasteiger partial charge in [-0.25, -0.2) is 0 Å². The molecule has 1 aliphatic heterocycles. The number of carbonyl (C=O) groups excluding carboxylic acids is 1. The number of hydrogen-bond acceptors (Lipinski definition) is 6. The Kier molecular flexibility index (Phi) is 6.92. The van der Waals surface area contributed by atoms with Crippen LogP contribution in [0.25, 0.3) is 0 Å². The maximum absolute atomic E-state index is 13.0. The van der Waals surface area contributed by atoms with Crippen LogP contribution < -0.4 is 10.2 Å². The Morgan fingerprint density at radius 3 is 2.45 bits per heavy atom. The number of carbonyl (C=O) groups is 1. The minimum absolute atomic E-state index is 0.148. The summed E-state index contributed by atoms with van der Waals surface area (Å²) in [5, 5.41) is 11.7. The molecule has 3 aromatic rings. The smallest absolute Gasteiger partial charge is 0.318 e. The standard InChI is InChI=1S/C24H28N4O2S/c1-17(2)19-8-10-20(11-9-19)22(29)25-21(16-18-6-4-3-5-7-18)23-26-27-24(30-23)28-12-14-31-15-13-28/h3-11,17,21H,12-16H2,1-2H3,(H,25,29). The van der Waals surface area contributed by atoms with E-state index in [9.17, 15) is 4.79 Å². The predicted octanol–water partition coefficient (Wildman–Crippen LogP) is 4.46. The van der Waals surface area contributed by atoms with Crippen molar-refractivity contribution >= 4 is 23.7 Å². The fraction of sp³-hybridized carbons (Fsp3) is 0.375. The van der Waals surface area contributed by atoms with Gasteiger partial charge >= 0.3 is 6.01 Å². The second kappa shape index (κ2) is 10.0. The second-order valence-corrected chi connectivity index (χ2v) is 9.24. The van der Waals surface area contributed by atoms with Gasteiger partial charge in [-0.2, -0.15) is 11.8 Å². The molecule has 1 N–H and O–H groups in total. The van der Waals surface area contributed by atoms with Gasteiger partial charge in [-0.1, -0.05) is 61.4 Å². The fourth-order valence-electron chi connectivity index (χ4n) is 3.56. The SMILES string of the molecule is CC(C)c1ccc(C(=O)NC(Cc2ccccc2)c2nnc(N3CCSCC3)o2)cc1. The molecule has 1 fully saturated rings. The molecule has 4 rings (SSSR count). The van der Waals surface area contributed by atoms with Crippen molar-refractivity contribution in [2.75, 3.05) is 29.5 Å². The van der Waals surface area contributed by atoms with Crippen LogP contribution in [0.2, 0.25) is 0 Å². The van der Waals surface area contributed by atoms with Crippen LogP contribution >= 0.6 is 11.8 Å². The van der Waals surface area contributed by atoms with Gasteiger partial charge in [0.1, 0.15) is 6.04 Å². The highest BCUT2D eigenvalue weighted by atomic mass is 32.2. The van der Waals surface area contributed by atoms with Crippen molar-refractivity contribution < 1.29 is 9.21 Å². The highest BCUT2D eigenvalue weighted by molar-refractivity contribution is 7.99. The summed E-state index contributed by atoms with van der Waals surface area (Å²) in [4.78, 5) is 15.1. The Bertz CT molecular complexity index is 982. The van der Waals surface area contributed by atoms with E-state index in [1.54, 1.807) is 0 Å². The number of thioether (sulfide) groups is 1. The number of nitrogens with one attached hydrogen (secondary N) is 1. The lowest BCUT2D eigenvalue weighted by atomic mass is 10.0. The third-order valence-corrected chi connectivity index (χ3v) is 6.38. The number of aromatic nitrogens is 2. The Morgan fingerprint density at radius 1 is 1.06 bits per heavy atom. The number of anilines is 1. The molecule has 7 heteroatoms. The Labute approximate surface area is 187 Å². The first-order valence-corrected chi connectivity index (χ1v) is 11.9. The molecule has 1 amide bonds. The summed E-state index contributed by atoms with van der Waals surface area (Å²) in [6, 6.07) is 17.9. The molecule has 1 saturated heterocycles. The quantitative estimate of drug-likeness (QED) is 0.590. The number of hydrogen-bond donors (Lipinski definition) is 1. The molecule has 0 radical (unpaired) electrons. The maximum Gasteiger partial charge on any atom is 0.318 e. The van der Waals surface area contributed by atoms with E-state index in [1.165, 1.54) is 5.56 Å². The lowest BCUT2D eigenvalue weighted by Gasteiger charge is -2.24. The molecule has 1 aliphatic rings. The molecule has 31 heavy (non-hydrogen) atoms. The first kappa shape index (κ1) is 21.4. The van der Waals surface area contributed by atoms with Crippen molar-refractivity contribution in [2.24, 2.45) is 0 Å². The number of nitrogens with zero attached hydrogens (tertiary/aromatic N) is 3. The van der Waals surface area contributed by atoms with Crippen LogP contribution in [-0.4, -0.2) is 40.7 Å². The lowest BCUT2D eigenvalue weighted by molar-refractivity contribution is 0.0930. The van der Waals surface area contributed by atoms with Crippen molar-refractivity contribution in [1.82, 2.24) is 15.5 Å². The topological polar surface area (TPSA) is 71.3 Å². The summed E-state index contributed by atoms with van der Waals surface area (Å²) in [6.07, 6.45) is 0.578. The molecule has 0 aliphatic carbocycles. The normalized spacial score (nSPS) is 15.1. The van der Waals surface area contributed by atoms with Crippen molar-refractivity contribution in [3.63, 3.8) is 0 Å². The van der Waals surface area contributed by atoms with Crippen molar-refractivity contribution in [2.45, 2.75) is 32.2 Å². The highest BCUT2D eigenvalue weighted by Gasteiger charge is 2.24. The molecule has 1 unspecified atom stereocenters. The summed E-state index contributed by atoms with van der Waals surface area (Å²) in [5.74, 6) is 2.81. The summed E-state index contributed by atoms with van der Waals surface area (Å²) in [7, 11) is 0. The fourth-order valence-corrected chi connectivity index (χ4v) is 4.46. The molecule has 162 valence electrons. The molecule has 2 aromatic carbocycles.